The number of carbonyl (C=O) groups is 2. The van der Waals surface area contributed by atoms with Gasteiger partial charge in [-0.25, -0.2) is 4.79 Å². The number of nitrogens with one attached hydrogen (secondary N) is 1. The highest BCUT2D eigenvalue weighted by Gasteiger charge is 2.28. The van der Waals surface area contributed by atoms with E-state index < -0.39 is 12.1 Å². The predicted octanol–water partition coefficient (Wildman–Crippen LogP) is 0.749. The average molecular weight is 243 g/mol. The van der Waals surface area contributed by atoms with Gasteiger partial charge in [0.05, 0.1) is 19.1 Å². The Morgan fingerprint density at radius 3 is 2.94 bits per heavy atom. The van der Waals surface area contributed by atoms with Crippen LogP contribution in [0.5, 0.6) is 0 Å². The molecule has 17 heavy (non-hydrogen) atoms. The van der Waals surface area contributed by atoms with Crippen LogP contribution in [0.1, 0.15) is 45.4 Å². The number of esters is 1. The molecular formula is C12H21NO4. The molecule has 2 N–H and O–H groups in total. The Bertz CT molecular complexity index is 267. The summed E-state index contributed by atoms with van der Waals surface area (Å²) >= 11 is 0. The highest BCUT2D eigenvalue weighted by Crippen LogP contribution is 2.09. The first-order chi connectivity index (χ1) is 8.13. The van der Waals surface area contributed by atoms with E-state index in [0.29, 0.717) is 19.4 Å². The minimum atomic E-state index is -0.612. The minimum absolute atomic E-state index is 0.0630. The van der Waals surface area contributed by atoms with Gasteiger partial charge in [-0.15, -0.1) is 0 Å². The fraction of sp³-hybridized carbons (Fsp3) is 0.833. The van der Waals surface area contributed by atoms with E-state index in [1.807, 2.05) is 0 Å². The van der Waals surface area contributed by atoms with E-state index in [1.165, 1.54) is 0 Å². The number of aliphatic hydroxyl groups is 1. The highest BCUT2D eigenvalue weighted by molar-refractivity contribution is 5.85. The number of cyclic esters (lactones) is 1. The lowest BCUT2D eigenvalue weighted by Gasteiger charge is -2.12. The van der Waals surface area contributed by atoms with Gasteiger partial charge in [-0.3, -0.25) is 4.79 Å². The van der Waals surface area contributed by atoms with Crippen LogP contribution in [0.2, 0.25) is 0 Å². The molecule has 98 valence electrons. The quantitative estimate of drug-likeness (QED) is 0.511. The maximum absolute atomic E-state index is 11.5. The molecular weight excluding hydrogens is 222 g/mol. The third-order valence-electron chi connectivity index (χ3n) is 2.83. The Morgan fingerprint density at radius 2 is 2.35 bits per heavy atom. The summed E-state index contributed by atoms with van der Waals surface area (Å²) in [7, 11) is 0. The smallest absolute Gasteiger partial charge is 0.328 e. The summed E-state index contributed by atoms with van der Waals surface area (Å²) in [5, 5.41) is 12.2. The first-order valence-corrected chi connectivity index (χ1v) is 6.27. The molecule has 0 spiro atoms. The largest absolute Gasteiger partial charge is 0.464 e. The lowest BCUT2D eigenvalue weighted by atomic mass is 10.1. The Hall–Kier alpha value is -1.10. The summed E-state index contributed by atoms with van der Waals surface area (Å²) in [4.78, 5) is 22.6. The van der Waals surface area contributed by atoms with E-state index in [0.717, 1.165) is 19.3 Å². The van der Waals surface area contributed by atoms with Gasteiger partial charge >= 0.3 is 5.97 Å². The van der Waals surface area contributed by atoms with Crippen LogP contribution in [-0.2, 0) is 14.3 Å². The number of hydrogen-bond donors (Lipinski definition) is 2. The summed E-state index contributed by atoms with van der Waals surface area (Å²) in [5.74, 6) is -0.656. The minimum Gasteiger partial charge on any atom is -0.464 e. The van der Waals surface area contributed by atoms with Crippen molar-refractivity contribution in [1.82, 2.24) is 5.32 Å². The van der Waals surface area contributed by atoms with Crippen molar-refractivity contribution in [2.45, 2.75) is 57.6 Å². The SMILES string of the molecule is CCCCC[C@H](O)CC(=O)N[C@H]1CCOC1=O. The standard InChI is InChI=1S/C12H21NO4/c1-2-3-4-5-9(14)8-11(15)13-10-6-7-17-12(10)16/h9-10,14H,2-8H2,1H3,(H,13,15)/t9-,10-/m0/s1. The molecule has 1 saturated heterocycles. The normalized spacial score (nSPS) is 21.1. The summed E-state index contributed by atoms with van der Waals surface area (Å²) < 4.78 is 4.73. The second-order valence-corrected chi connectivity index (χ2v) is 4.43. The molecule has 0 aliphatic carbocycles. The van der Waals surface area contributed by atoms with Crippen molar-refractivity contribution in [2.24, 2.45) is 0 Å². The van der Waals surface area contributed by atoms with Crippen molar-refractivity contribution in [1.29, 1.82) is 0 Å². The highest BCUT2D eigenvalue weighted by atomic mass is 16.5. The molecule has 1 aliphatic heterocycles. The van der Waals surface area contributed by atoms with E-state index in [1.54, 1.807) is 0 Å². The number of rotatable bonds is 7. The molecule has 0 bridgehead atoms. The Morgan fingerprint density at radius 1 is 1.59 bits per heavy atom. The van der Waals surface area contributed by atoms with Crippen molar-refractivity contribution in [2.75, 3.05) is 6.61 Å². The van der Waals surface area contributed by atoms with Crippen molar-refractivity contribution in [3.05, 3.63) is 0 Å². The lowest BCUT2D eigenvalue weighted by Crippen LogP contribution is -2.39. The van der Waals surface area contributed by atoms with Gasteiger partial charge in [0.15, 0.2) is 0 Å². The molecule has 0 aromatic carbocycles. The second-order valence-electron chi connectivity index (χ2n) is 4.43. The summed E-state index contributed by atoms with van der Waals surface area (Å²) in [5.41, 5.74) is 0. The number of aliphatic hydroxyl groups excluding tert-OH is 1. The molecule has 1 fully saturated rings. The van der Waals surface area contributed by atoms with Crippen LogP contribution in [0.25, 0.3) is 0 Å². The second kappa shape index (κ2) is 7.27. The zero-order valence-corrected chi connectivity index (χ0v) is 10.3. The molecule has 0 aromatic rings. The molecule has 1 heterocycles. The zero-order valence-electron chi connectivity index (χ0n) is 10.3. The first kappa shape index (κ1) is 14.0. The molecule has 5 nitrogen and oxygen atoms in total. The van der Waals surface area contributed by atoms with Crippen molar-refractivity contribution < 1.29 is 19.4 Å². The Balaban J connectivity index is 2.17. The number of hydrogen-bond acceptors (Lipinski definition) is 4. The predicted molar refractivity (Wildman–Crippen MR) is 62.3 cm³/mol. The number of ether oxygens (including phenoxy) is 1. The molecule has 1 aliphatic rings. The van der Waals surface area contributed by atoms with Crippen LogP contribution in [0.4, 0.5) is 0 Å². The van der Waals surface area contributed by atoms with Crippen molar-refractivity contribution in [3.63, 3.8) is 0 Å². The van der Waals surface area contributed by atoms with Gasteiger partial charge in [0.2, 0.25) is 5.91 Å². The van der Waals surface area contributed by atoms with Gasteiger partial charge in [0, 0.05) is 6.42 Å². The molecule has 0 saturated carbocycles. The molecule has 5 heteroatoms. The van der Waals surface area contributed by atoms with Crippen LogP contribution in [-0.4, -0.2) is 35.7 Å². The number of carbonyl (C=O) groups excluding carboxylic acids is 2. The maximum Gasteiger partial charge on any atom is 0.328 e. The molecule has 0 unspecified atom stereocenters. The topological polar surface area (TPSA) is 75.6 Å². The third-order valence-corrected chi connectivity index (χ3v) is 2.83. The van der Waals surface area contributed by atoms with Gasteiger partial charge in [-0.05, 0) is 6.42 Å². The fourth-order valence-electron chi connectivity index (χ4n) is 1.83. The van der Waals surface area contributed by atoms with Gasteiger partial charge < -0.3 is 15.2 Å². The fourth-order valence-corrected chi connectivity index (χ4v) is 1.83. The van der Waals surface area contributed by atoms with Gasteiger partial charge in [0.1, 0.15) is 6.04 Å². The third kappa shape index (κ3) is 5.17. The van der Waals surface area contributed by atoms with Gasteiger partial charge in [-0.1, -0.05) is 26.2 Å². The summed E-state index contributed by atoms with van der Waals surface area (Å²) in [6, 6.07) is -0.523. The number of unbranched alkanes of at least 4 members (excludes halogenated alkanes) is 2. The maximum atomic E-state index is 11.5. The van der Waals surface area contributed by atoms with E-state index in [9.17, 15) is 14.7 Å². The molecule has 0 aromatic heterocycles. The molecule has 1 rings (SSSR count). The van der Waals surface area contributed by atoms with Crippen LogP contribution >= 0.6 is 0 Å². The van der Waals surface area contributed by atoms with Crippen LogP contribution in [0.15, 0.2) is 0 Å². The first-order valence-electron chi connectivity index (χ1n) is 6.27. The lowest BCUT2D eigenvalue weighted by molar-refractivity contribution is -0.141. The Kier molecular flexibility index (Phi) is 5.97. The van der Waals surface area contributed by atoms with E-state index >= 15 is 0 Å². The monoisotopic (exact) mass is 243 g/mol. The van der Waals surface area contributed by atoms with Crippen molar-refractivity contribution in [3.8, 4) is 0 Å². The number of amides is 1. The zero-order chi connectivity index (χ0) is 12.7. The summed E-state index contributed by atoms with van der Waals surface area (Å²) in [6.07, 6.45) is 3.69. The van der Waals surface area contributed by atoms with Gasteiger partial charge in [0.25, 0.3) is 0 Å². The Labute approximate surface area is 102 Å². The molecule has 0 radical (unpaired) electrons. The van der Waals surface area contributed by atoms with E-state index in [4.69, 9.17) is 4.74 Å². The van der Waals surface area contributed by atoms with Crippen molar-refractivity contribution >= 4 is 11.9 Å². The van der Waals surface area contributed by atoms with E-state index in [2.05, 4.69) is 12.2 Å². The van der Waals surface area contributed by atoms with Gasteiger partial charge in [-0.2, -0.15) is 0 Å². The van der Waals surface area contributed by atoms with Crippen LogP contribution in [0, 0.1) is 0 Å². The van der Waals surface area contributed by atoms with E-state index in [-0.39, 0.29) is 18.3 Å². The molecule has 2 atom stereocenters. The van der Waals surface area contributed by atoms with Crippen LogP contribution in [0.3, 0.4) is 0 Å². The average Bonchev–Trinajstić information content (AvgIpc) is 2.64. The molecule has 1 amide bonds. The van der Waals surface area contributed by atoms with Crippen LogP contribution < -0.4 is 5.32 Å². The summed E-state index contributed by atoms with van der Waals surface area (Å²) in [6.45, 7) is 2.45.